The van der Waals surface area contributed by atoms with Crippen LogP contribution in [0.25, 0.3) is 0 Å². The van der Waals surface area contributed by atoms with E-state index in [9.17, 15) is 4.79 Å². The van der Waals surface area contributed by atoms with Crippen molar-refractivity contribution in [2.24, 2.45) is 0 Å². The van der Waals surface area contributed by atoms with E-state index in [0.29, 0.717) is 12.2 Å². The maximum atomic E-state index is 12.4. The largest absolute Gasteiger partial charge is 0.491 e. The molecule has 0 fully saturated rings. The molecule has 1 heterocycles. The third kappa shape index (κ3) is 3.06. The zero-order chi connectivity index (χ0) is 15.5. The number of hydrogen-bond acceptors (Lipinski definition) is 3. The summed E-state index contributed by atoms with van der Waals surface area (Å²) in [6, 6.07) is 15.6. The smallest absolute Gasteiger partial charge is 0.251 e. The Morgan fingerprint density at radius 2 is 2.00 bits per heavy atom. The van der Waals surface area contributed by atoms with Gasteiger partial charge in [0, 0.05) is 25.3 Å². The SMILES string of the molecule is CN(C)c1cccc(C(=O)NC2COc3ccccc3C2)c1. The molecule has 3 rings (SSSR count). The molecule has 22 heavy (non-hydrogen) atoms. The minimum Gasteiger partial charge on any atom is -0.491 e. The maximum Gasteiger partial charge on any atom is 0.251 e. The topological polar surface area (TPSA) is 41.6 Å². The second-order valence-corrected chi connectivity index (χ2v) is 5.74. The number of nitrogens with one attached hydrogen (secondary N) is 1. The van der Waals surface area contributed by atoms with Crippen molar-refractivity contribution in [2.45, 2.75) is 12.5 Å². The van der Waals surface area contributed by atoms with Crippen molar-refractivity contribution in [3.05, 3.63) is 59.7 Å². The number of fused-ring (bicyclic) bond motifs is 1. The van der Waals surface area contributed by atoms with Crippen LogP contribution in [-0.2, 0) is 6.42 Å². The number of amides is 1. The van der Waals surface area contributed by atoms with Gasteiger partial charge in [0.15, 0.2) is 0 Å². The van der Waals surface area contributed by atoms with Gasteiger partial charge in [-0.15, -0.1) is 0 Å². The highest BCUT2D eigenvalue weighted by molar-refractivity contribution is 5.95. The zero-order valence-corrected chi connectivity index (χ0v) is 12.9. The van der Waals surface area contributed by atoms with E-state index in [1.165, 1.54) is 0 Å². The Balaban J connectivity index is 1.69. The molecule has 4 heteroatoms. The minimum absolute atomic E-state index is 0.00501. The van der Waals surface area contributed by atoms with Gasteiger partial charge in [0.1, 0.15) is 12.4 Å². The summed E-state index contributed by atoms with van der Waals surface area (Å²) in [5, 5.41) is 3.06. The van der Waals surface area contributed by atoms with Crippen molar-refractivity contribution in [1.82, 2.24) is 5.32 Å². The number of carbonyl (C=O) groups is 1. The van der Waals surface area contributed by atoms with Gasteiger partial charge in [0.25, 0.3) is 5.91 Å². The molecule has 1 amide bonds. The lowest BCUT2D eigenvalue weighted by Crippen LogP contribution is -2.42. The highest BCUT2D eigenvalue weighted by Crippen LogP contribution is 2.24. The van der Waals surface area contributed by atoms with Gasteiger partial charge >= 0.3 is 0 Å². The van der Waals surface area contributed by atoms with Crippen molar-refractivity contribution in [2.75, 3.05) is 25.6 Å². The number of para-hydroxylation sites is 1. The summed E-state index contributed by atoms with van der Waals surface area (Å²) in [6.45, 7) is 0.510. The van der Waals surface area contributed by atoms with E-state index in [1.807, 2.05) is 67.5 Å². The summed E-state index contributed by atoms with van der Waals surface area (Å²) >= 11 is 0. The van der Waals surface area contributed by atoms with Crippen LogP contribution in [0.4, 0.5) is 5.69 Å². The Morgan fingerprint density at radius 1 is 1.18 bits per heavy atom. The average molecular weight is 296 g/mol. The fraction of sp³-hybridized carbons (Fsp3) is 0.278. The van der Waals surface area contributed by atoms with E-state index in [2.05, 4.69) is 5.32 Å². The molecule has 0 radical (unpaired) electrons. The number of anilines is 1. The summed E-state index contributed by atoms with van der Waals surface area (Å²) in [7, 11) is 3.92. The van der Waals surface area contributed by atoms with Crippen LogP contribution in [-0.4, -0.2) is 32.7 Å². The van der Waals surface area contributed by atoms with Gasteiger partial charge in [-0.1, -0.05) is 24.3 Å². The van der Waals surface area contributed by atoms with E-state index in [4.69, 9.17) is 4.74 Å². The van der Waals surface area contributed by atoms with Crippen LogP contribution < -0.4 is 15.0 Å². The second-order valence-electron chi connectivity index (χ2n) is 5.74. The number of nitrogens with zero attached hydrogens (tertiary/aromatic N) is 1. The summed E-state index contributed by atoms with van der Waals surface area (Å²) in [4.78, 5) is 14.4. The monoisotopic (exact) mass is 296 g/mol. The van der Waals surface area contributed by atoms with Crippen molar-refractivity contribution >= 4 is 11.6 Å². The van der Waals surface area contributed by atoms with Crippen molar-refractivity contribution < 1.29 is 9.53 Å². The quantitative estimate of drug-likeness (QED) is 0.946. The third-order valence-electron chi connectivity index (χ3n) is 3.84. The van der Waals surface area contributed by atoms with E-state index >= 15 is 0 Å². The number of rotatable bonds is 3. The van der Waals surface area contributed by atoms with E-state index in [1.54, 1.807) is 0 Å². The lowest BCUT2D eigenvalue weighted by molar-refractivity contribution is 0.0915. The Bertz CT molecular complexity index is 682. The Labute approximate surface area is 130 Å². The molecule has 0 bridgehead atoms. The molecule has 1 aliphatic heterocycles. The van der Waals surface area contributed by atoms with E-state index < -0.39 is 0 Å². The first kappa shape index (κ1) is 14.4. The standard InChI is InChI=1S/C18H20N2O2/c1-20(2)16-8-5-7-14(11-16)18(21)19-15-10-13-6-3-4-9-17(13)22-12-15/h3-9,11,15H,10,12H2,1-2H3,(H,19,21). The predicted octanol–water partition coefficient (Wildman–Crippen LogP) is 2.49. The second kappa shape index (κ2) is 6.10. The number of carbonyl (C=O) groups excluding carboxylic acids is 1. The molecule has 114 valence electrons. The summed E-state index contributed by atoms with van der Waals surface area (Å²) in [5.74, 6) is 0.860. The molecule has 2 aromatic carbocycles. The normalized spacial score (nSPS) is 16.4. The summed E-state index contributed by atoms with van der Waals surface area (Å²) < 4.78 is 5.71. The first-order valence-corrected chi connectivity index (χ1v) is 7.42. The van der Waals surface area contributed by atoms with Gasteiger partial charge in [-0.2, -0.15) is 0 Å². The molecule has 1 N–H and O–H groups in total. The van der Waals surface area contributed by atoms with E-state index in [0.717, 1.165) is 23.4 Å². The molecule has 2 aromatic rings. The molecule has 1 atom stereocenters. The zero-order valence-electron chi connectivity index (χ0n) is 12.9. The maximum absolute atomic E-state index is 12.4. The van der Waals surface area contributed by atoms with Crippen LogP contribution in [0.15, 0.2) is 48.5 Å². The molecule has 1 unspecified atom stereocenters. The molecule has 0 saturated heterocycles. The fourth-order valence-corrected chi connectivity index (χ4v) is 2.61. The highest BCUT2D eigenvalue weighted by atomic mass is 16.5. The first-order chi connectivity index (χ1) is 10.6. The van der Waals surface area contributed by atoms with Crippen LogP contribution >= 0.6 is 0 Å². The number of benzene rings is 2. The van der Waals surface area contributed by atoms with Gasteiger partial charge < -0.3 is 15.0 Å². The van der Waals surface area contributed by atoms with Gasteiger partial charge in [-0.25, -0.2) is 0 Å². The Kier molecular flexibility index (Phi) is 4.00. The molecular formula is C18H20N2O2. The summed E-state index contributed by atoms with van der Waals surface area (Å²) in [5.41, 5.74) is 2.82. The molecule has 0 aliphatic carbocycles. The van der Waals surface area contributed by atoms with Crippen molar-refractivity contribution in [3.63, 3.8) is 0 Å². The molecular weight excluding hydrogens is 276 g/mol. The number of hydrogen-bond donors (Lipinski definition) is 1. The van der Waals surface area contributed by atoms with Crippen LogP contribution in [0, 0.1) is 0 Å². The lowest BCUT2D eigenvalue weighted by Gasteiger charge is -2.26. The minimum atomic E-state index is -0.0586. The molecule has 0 saturated carbocycles. The molecule has 0 aromatic heterocycles. The van der Waals surface area contributed by atoms with Crippen molar-refractivity contribution in [3.8, 4) is 5.75 Å². The molecule has 0 spiro atoms. The van der Waals surface area contributed by atoms with Crippen LogP contribution in [0.5, 0.6) is 5.75 Å². The van der Waals surface area contributed by atoms with Crippen LogP contribution in [0.1, 0.15) is 15.9 Å². The highest BCUT2D eigenvalue weighted by Gasteiger charge is 2.21. The summed E-state index contributed by atoms with van der Waals surface area (Å²) in [6.07, 6.45) is 0.801. The fourth-order valence-electron chi connectivity index (χ4n) is 2.61. The Hall–Kier alpha value is -2.49. The van der Waals surface area contributed by atoms with Gasteiger partial charge in [0.05, 0.1) is 6.04 Å². The number of ether oxygens (including phenoxy) is 1. The lowest BCUT2D eigenvalue weighted by atomic mass is 10.0. The van der Waals surface area contributed by atoms with Crippen LogP contribution in [0.3, 0.4) is 0 Å². The third-order valence-corrected chi connectivity index (χ3v) is 3.84. The van der Waals surface area contributed by atoms with Crippen molar-refractivity contribution in [1.29, 1.82) is 0 Å². The van der Waals surface area contributed by atoms with Crippen LogP contribution in [0.2, 0.25) is 0 Å². The van der Waals surface area contributed by atoms with Gasteiger partial charge in [-0.05, 0) is 36.2 Å². The first-order valence-electron chi connectivity index (χ1n) is 7.42. The Morgan fingerprint density at radius 3 is 2.82 bits per heavy atom. The van der Waals surface area contributed by atoms with Gasteiger partial charge in [-0.3, -0.25) is 4.79 Å². The average Bonchev–Trinajstić information content (AvgIpc) is 2.55. The van der Waals surface area contributed by atoms with Gasteiger partial charge in [0.2, 0.25) is 0 Å². The molecule has 4 nitrogen and oxygen atoms in total. The molecule has 1 aliphatic rings. The predicted molar refractivity (Wildman–Crippen MR) is 87.7 cm³/mol. The van der Waals surface area contributed by atoms with E-state index in [-0.39, 0.29) is 11.9 Å².